The summed E-state index contributed by atoms with van der Waals surface area (Å²) in [7, 11) is 0. The molecule has 0 amide bonds. The van der Waals surface area contributed by atoms with E-state index in [9.17, 15) is 0 Å². The van der Waals surface area contributed by atoms with E-state index < -0.39 is 0 Å². The maximum Gasteiger partial charge on any atom is 0.0413 e. The number of hydrogen-bond acceptors (Lipinski definition) is 2. The topological polar surface area (TPSA) is 38.4 Å². The Morgan fingerprint density at radius 3 is 2.54 bits per heavy atom. The second kappa shape index (κ2) is 8.24. The van der Waals surface area contributed by atoms with Gasteiger partial charge in [0, 0.05) is 6.54 Å². The molecule has 0 heterocycles. The van der Waals surface area contributed by atoms with E-state index in [4.69, 9.17) is 5.73 Å². The highest BCUT2D eigenvalue weighted by atomic mass is 14.7. The van der Waals surface area contributed by atoms with E-state index in [-0.39, 0.29) is 0 Å². The molecule has 0 aliphatic heterocycles. The Bertz CT molecular complexity index is 130. The molecule has 0 aromatic heterocycles. The molecule has 0 aromatic rings. The minimum Gasteiger partial charge on any atom is -0.330 e. The third-order valence-corrected chi connectivity index (χ3v) is 2.17. The summed E-state index contributed by atoms with van der Waals surface area (Å²) in [5, 5.41) is 0. The molecule has 0 fully saturated rings. The van der Waals surface area contributed by atoms with Crippen molar-refractivity contribution in [2.45, 2.75) is 40.0 Å². The standard InChI is InChI=1S/C11H24N2/c1-4-13-9-11(6-5-7-12)8-10(2)3/h4,10-11H,5-9,12H2,1-3H3. The zero-order chi connectivity index (χ0) is 10.1. The van der Waals surface area contributed by atoms with E-state index in [1.54, 1.807) is 0 Å². The highest BCUT2D eigenvalue weighted by Crippen LogP contribution is 2.17. The van der Waals surface area contributed by atoms with Gasteiger partial charge in [0.2, 0.25) is 0 Å². The number of aliphatic imine (C=N–C) groups is 1. The zero-order valence-corrected chi connectivity index (χ0v) is 9.29. The molecule has 1 atom stereocenters. The fraction of sp³-hybridized carbons (Fsp3) is 0.909. The molecule has 2 N–H and O–H groups in total. The maximum absolute atomic E-state index is 5.50. The Morgan fingerprint density at radius 2 is 2.08 bits per heavy atom. The SMILES string of the molecule is CC=NCC(CCCN)CC(C)C. The first-order chi connectivity index (χ1) is 6.20. The van der Waals surface area contributed by atoms with Crippen molar-refractivity contribution in [3.8, 4) is 0 Å². The summed E-state index contributed by atoms with van der Waals surface area (Å²) in [6.07, 6.45) is 5.54. The van der Waals surface area contributed by atoms with Crippen LogP contribution >= 0.6 is 0 Å². The Hall–Kier alpha value is -0.370. The summed E-state index contributed by atoms with van der Waals surface area (Å²) in [4.78, 5) is 4.31. The molecule has 0 saturated carbocycles. The normalized spacial score (nSPS) is 14.2. The van der Waals surface area contributed by atoms with Crippen LogP contribution in [0, 0.1) is 11.8 Å². The molecule has 0 saturated heterocycles. The second-order valence-corrected chi connectivity index (χ2v) is 4.05. The molecule has 0 rings (SSSR count). The quantitative estimate of drug-likeness (QED) is 0.606. The van der Waals surface area contributed by atoms with Gasteiger partial charge in [-0.2, -0.15) is 0 Å². The van der Waals surface area contributed by atoms with Gasteiger partial charge in [0.1, 0.15) is 0 Å². The first-order valence-electron chi connectivity index (χ1n) is 5.35. The number of rotatable bonds is 7. The van der Waals surface area contributed by atoms with Crippen molar-refractivity contribution in [1.82, 2.24) is 0 Å². The molecule has 2 nitrogen and oxygen atoms in total. The minimum atomic E-state index is 0.736. The molecule has 0 spiro atoms. The highest BCUT2D eigenvalue weighted by Gasteiger charge is 2.09. The lowest BCUT2D eigenvalue weighted by Crippen LogP contribution is -2.11. The lowest BCUT2D eigenvalue weighted by atomic mass is 9.93. The number of nitrogens with zero attached hydrogens (tertiary/aromatic N) is 1. The average molecular weight is 184 g/mol. The van der Waals surface area contributed by atoms with Crippen molar-refractivity contribution in [3.05, 3.63) is 0 Å². The number of hydrogen-bond donors (Lipinski definition) is 1. The van der Waals surface area contributed by atoms with Gasteiger partial charge in [0.25, 0.3) is 0 Å². The van der Waals surface area contributed by atoms with Crippen LogP contribution < -0.4 is 5.73 Å². The molecule has 0 aliphatic rings. The first-order valence-corrected chi connectivity index (χ1v) is 5.35. The van der Waals surface area contributed by atoms with Crippen LogP contribution in [0.3, 0.4) is 0 Å². The van der Waals surface area contributed by atoms with Crippen LogP contribution in [-0.2, 0) is 0 Å². The average Bonchev–Trinajstić information content (AvgIpc) is 2.09. The second-order valence-electron chi connectivity index (χ2n) is 4.05. The van der Waals surface area contributed by atoms with Crippen LogP contribution in [0.15, 0.2) is 4.99 Å². The fourth-order valence-corrected chi connectivity index (χ4v) is 1.61. The van der Waals surface area contributed by atoms with Crippen LogP contribution in [-0.4, -0.2) is 19.3 Å². The van der Waals surface area contributed by atoms with E-state index in [1.165, 1.54) is 12.8 Å². The third-order valence-electron chi connectivity index (χ3n) is 2.17. The van der Waals surface area contributed by atoms with Crippen molar-refractivity contribution in [2.24, 2.45) is 22.6 Å². The smallest absolute Gasteiger partial charge is 0.0413 e. The number of nitrogens with two attached hydrogens (primary N) is 1. The van der Waals surface area contributed by atoms with E-state index in [0.29, 0.717) is 0 Å². The van der Waals surface area contributed by atoms with Gasteiger partial charge in [0.05, 0.1) is 0 Å². The minimum absolute atomic E-state index is 0.736. The van der Waals surface area contributed by atoms with Crippen molar-refractivity contribution in [2.75, 3.05) is 13.1 Å². The lowest BCUT2D eigenvalue weighted by molar-refractivity contribution is 0.388. The molecule has 0 bridgehead atoms. The Labute approximate surface area is 82.6 Å². The Morgan fingerprint density at radius 1 is 1.38 bits per heavy atom. The maximum atomic E-state index is 5.50. The Kier molecular flexibility index (Phi) is 8.00. The van der Waals surface area contributed by atoms with Crippen LogP contribution in [0.25, 0.3) is 0 Å². The summed E-state index contributed by atoms with van der Waals surface area (Å²) in [6.45, 7) is 8.31. The van der Waals surface area contributed by atoms with Crippen LogP contribution in [0.4, 0.5) is 0 Å². The van der Waals surface area contributed by atoms with E-state index in [1.807, 2.05) is 13.1 Å². The van der Waals surface area contributed by atoms with Gasteiger partial charge in [-0.3, -0.25) is 4.99 Å². The van der Waals surface area contributed by atoms with Gasteiger partial charge in [-0.15, -0.1) is 0 Å². The monoisotopic (exact) mass is 184 g/mol. The summed E-state index contributed by atoms with van der Waals surface area (Å²) < 4.78 is 0. The van der Waals surface area contributed by atoms with Gasteiger partial charge < -0.3 is 5.73 Å². The predicted molar refractivity (Wildman–Crippen MR) is 60.3 cm³/mol. The van der Waals surface area contributed by atoms with E-state index >= 15 is 0 Å². The molecule has 1 unspecified atom stereocenters. The van der Waals surface area contributed by atoms with Gasteiger partial charge in [-0.1, -0.05) is 13.8 Å². The van der Waals surface area contributed by atoms with Crippen LogP contribution in [0.2, 0.25) is 0 Å². The van der Waals surface area contributed by atoms with Crippen molar-refractivity contribution >= 4 is 6.21 Å². The molecule has 0 aliphatic carbocycles. The molecular formula is C11H24N2. The molecule has 78 valence electrons. The summed E-state index contributed by atoms with van der Waals surface area (Å²) in [5.74, 6) is 1.51. The summed E-state index contributed by atoms with van der Waals surface area (Å²) in [5.41, 5.74) is 5.50. The molecular weight excluding hydrogens is 160 g/mol. The van der Waals surface area contributed by atoms with Gasteiger partial charge >= 0.3 is 0 Å². The highest BCUT2D eigenvalue weighted by molar-refractivity contribution is 5.53. The lowest BCUT2D eigenvalue weighted by Gasteiger charge is -2.16. The van der Waals surface area contributed by atoms with Gasteiger partial charge in [-0.25, -0.2) is 0 Å². The summed E-state index contributed by atoms with van der Waals surface area (Å²) >= 11 is 0. The molecule has 2 heteroatoms. The van der Waals surface area contributed by atoms with Crippen LogP contribution in [0.1, 0.15) is 40.0 Å². The van der Waals surface area contributed by atoms with Crippen LogP contribution in [0.5, 0.6) is 0 Å². The predicted octanol–water partition coefficient (Wildman–Crippen LogP) is 2.48. The Balaban J connectivity index is 3.72. The van der Waals surface area contributed by atoms with Crippen molar-refractivity contribution in [3.63, 3.8) is 0 Å². The fourth-order valence-electron chi connectivity index (χ4n) is 1.61. The largest absolute Gasteiger partial charge is 0.330 e. The molecule has 0 aromatic carbocycles. The van der Waals surface area contributed by atoms with E-state index in [0.717, 1.165) is 31.3 Å². The molecule has 0 radical (unpaired) electrons. The first kappa shape index (κ1) is 12.6. The van der Waals surface area contributed by atoms with Crippen molar-refractivity contribution < 1.29 is 0 Å². The van der Waals surface area contributed by atoms with Gasteiger partial charge in [0.15, 0.2) is 0 Å². The van der Waals surface area contributed by atoms with Crippen molar-refractivity contribution in [1.29, 1.82) is 0 Å². The van der Waals surface area contributed by atoms with Gasteiger partial charge in [-0.05, 0) is 50.8 Å². The third kappa shape index (κ3) is 7.97. The summed E-state index contributed by atoms with van der Waals surface area (Å²) in [6, 6.07) is 0. The molecule has 13 heavy (non-hydrogen) atoms. The zero-order valence-electron chi connectivity index (χ0n) is 9.29. The van der Waals surface area contributed by atoms with E-state index in [2.05, 4.69) is 18.8 Å².